The second-order valence-corrected chi connectivity index (χ2v) is 7.32. The lowest BCUT2D eigenvalue weighted by atomic mass is 9.99. The summed E-state index contributed by atoms with van der Waals surface area (Å²) in [5.74, 6) is -1.87. The molecule has 8 heteroatoms. The van der Waals surface area contributed by atoms with E-state index in [-0.39, 0.29) is 37.2 Å². The van der Waals surface area contributed by atoms with Gasteiger partial charge in [0.1, 0.15) is 5.75 Å². The van der Waals surface area contributed by atoms with Gasteiger partial charge in [0.25, 0.3) is 0 Å². The van der Waals surface area contributed by atoms with Gasteiger partial charge < -0.3 is 19.6 Å². The summed E-state index contributed by atoms with van der Waals surface area (Å²) < 4.78 is 5.30. The van der Waals surface area contributed by atoms with E-state index in [1.54, 1.807) is 23.1 Å². The Balaban J connectivity index is 1.75. The summed E-state index contributed by atoms with van der Waals surface area (Å²) in [5.41, 5.74) is 0.540. The maximum absolute atomic E-state index is 12.8. The molecular weight excluding hydrogens is 360 g/mol. The van der Waals surface area contributed by atoms with Gasteiger partial charge in [0.05, 0.1) is 24.6 Å². The fourth-order valence-electron chi connectivity index (χ4n) is 3.71. The van der Waals surface area contributed by atoms with Crippen LogP contribution in [-0.4, -0.2) is 54.5 Å². The molecule has 2 saturated heterocycles. The molecule has 26 heavy (non-hydrogen) atoms. The quantitative estimate of drug-likeness (QED) is 0.861. The number of carbonyl (C=O) groups excluding carboxylic acids is 2. The van der Waals surface area contributed by atoms with Crippen LogP contribution in [0.15, 0.2) is 18.2 Å². The van der Waals surface area contributed by atoms with Gasteiger partial charge in [-0.1, -0.05) is 18.5 Å². The number of hydrogen-bond acceptors (Lipinski definition) is 4. The summed E-state index contributed by atoms with van der Waals surface area (Å²) >= 11 is 6.04. The minimum Gasteiger partial charge on any atom is -0.495 e. The normalized spacial score (nSPS) is 25.7. The molecule has 7 nitrogen and oxygen atoms in total. The first-order valence-electron chi connectivity index (χ1n) is 8.47. The third-order valence-corrected chi connectivity index (χ3v) is 5.38. The SMILES string of the molecule is COc1ccc(Cl)cc1N1CC(C(=O)N2C[C@@H](C)[C@H](C(=O)O)C2)CC1=O. The molecular formula is C18H21ClN2O5. The van der Waals surface area contributed by atoms with Crippen molar-refractivity contribution in [3.05, 3.63) is 23.2 Å². The molecule has 0 aromatic heterocycles. The van der Waals surface area contributed by atoms with E-state index in [2.05, 4.69) is 0 Å². The van der Waals surface area contributed by atoms with Crippen LogP contribution in [0.25, 0.3) is 0 Å². The van der Waals surface area contributed by atoms with Crippen molar-refractivity contribution in [3.63, 3.8) is 0 Å². The van der Waals surface area contributed by atoms with Gasteiger partial charge in [0, 0.05) is 31.1 Å². The van der Waals surface area contributed by atoms with Gasteiger partial charge in [-0.2, -0.15) is 0 Å². The molecule has 140 valence electrons. The number of aliphatic carboxylic acids is 1. The van der Waals surface area contributed by atoms with Crippen LogP contribution in [0.2, 0.25) is 5.02 Å². The lowest BCUT2D eigenvalue weighted by Gasteiger charge is -2.22. The standard InChI is InChI=1S/C18H21ClN2O5/c1-10-7-20(9-13(10)18(24)25)17(23)11-5-16(22)21(8-11)14-6-12(19)3-4-15(14)26-2/h3-4,6,10-11,13H,5,7-9H2,1-2H3,(H,24,25)/t10-,11?,13-/m1/s1. The average molecular weight is 381 g/mol. The highest BCUT2D eigenvalue weighted by Crippen LogP contribution is 2.36. The zero-order chi connectivity index (χ0) is 19.0. The van der Waals surface area contributed by atoms with Crippen molar-refractivity contribution in [1.29, 1.82) is 0 Å². The van der Waals surface area contributed by atoms with Crippen LogP contribution in [0.4, 0.5) is 5.69 Å². The fourth-order valence-corrected chi connectivity index (χ4v) is 3.87. The molecule has 0 bridgehead atoms. The number of methoxy groups -OCH3 is 1. The molecule has 1 aromatic rings. The van der Waals surface area contributed by atoms with Gasteiger partial charge >= 0.3 is 5.97 Å². The Bertz CT molecular complexity index is 753. The molecule has 2 aliphatic heterocycles. The Morgan fingerprint density at radius 2 is 2.00 bits per heavy atom. The summed E-state index contributed by atoms with van der Waals surface area (Å²) in [6.07, 6.45) is 0.0944. The van der Waals surface area contributed by atoms with Crippen molar-refractivity contribution < 1.29 is 24.2 Å². The largest absolute Gasteiger partial charge is 0.495 e. The van der Waals surface area contributed by atoms with Crippen LogP contribution in [0.5, 0.6) is 5.75 Å². The molecule has 2 fully saturated rings. The smallest absolute Gasteiger partial charge is 0.308 e. The molecule has 2 heterocycles. The molecule has 3 rings (SSSR count). The third-order valence-electron chi connectivity index (χ3n) is 5.15. The van der Waals surface area contributed by atoms with Gasteiger partial charge in [-0.3, -0.25) is 14.4 Å². The molecule has 2 aliphatic rings. The molecule has 1 unspecified atom stereocenters. The molecule has 3 atom stereocenters. The summed E-state index contributed by atoms with van der Waals surface area (Å²) in [4.78, 5) is 39.6. The molecule has 0 saturated carbocycles. The lowest BCUT2D eigenvalue weighted by Crippen LogP contribution is -2.36. The second-order valence-electron chi connectivity index (χ2n) is 6.89. The number of benzene rings is 1. The van der Waals surface area contributed by atoms with Crippen LogP contribution in [0.3, 0.4) is 0 Å². The first-order valence-corrected chi connectivity index (χ1v) is 8.85. The predicted octanol–water partition coefficient (Wildman–Crippen LogP) is 1.88. The maximum Gasteiger partial charge on any atom is 0.308 e. The molecule has 0 radical (unpaired) electrons. The summed E-state index contributed by atoms with van der Waals surface area (Å²) in [7, 11) is 1.51. The number of amides is 2. The number of carbonyl (C=O) groups is 3. The van der Waals surface area contributed by atoms with Gasteiger partial charge in [-0.05, 0) is 24.1 Å². The lowest BCUT2D eigenvalue weighted by molar-refractivity contribution is -0.142. The number of carboxylic acid groups (broad SMARTS) is 1. The number of nitrogens with zero attached hydrogens (tertiary/aromatic N) is 2. The molecule has 1 N–H and O–H groups in total. The highest BCUT2D eigenvalue weighted by molar-refractivity contribution is 6.31. The van der Waals surface area contributed by atoms with Crippen LogP contribution < -0.4 is 9.64 Å². The Morgan fingerprint density at radius 3 is 2.62 bits per heavy atom. The highest BCUT2D eigenvalue weighted by atomic mass is 35.5. The van der Waals surface area contributed by atoms with Gasteiger partial charge in [-0.15, -0.1) is 0 Å². The van der Waals surface area contributed by atoms with Crippen molar-refractivity contribution in [2.75, 3.05) is 31.6 Å². The van der Waals surface area contributed by atoms with Crippen LogP contribution in [-0.2, 0) is 14.4 Å². The summed E-state index contributed by atoms with van der Waals surface area (Å²) in [6.45, 7) is 2.66. The van der Waals surface area contributed by atoms with E-state index in [1.165, 1.54) is 12.0 Å². The fraction of sp³-hybridized carbons (Fsp3) is 0.500. The maximum atomic E-state index is 12.8. The van der Waals surface area contributed by atoms with Crippen molar-refractivity contribution in [2.45, 2.75) is 13.3 Å². The number of carboxylic acids is 1. The average Bonchev–Trinajstić information content (AvgIpc) is 3.17. The number of anilines is 1. The van der Waals surface area contributed by atoms with E-state index < -0.39 is 17.8 Å². The van der Waals surface area contributed by atoms with Crippen molar-refractivity contribution >= 4 is 35.1 Å². The van der Waals surface area contributed by atoms with Crippen LogP contribution >= 0.6 is 11.6 Å². The van der Waals surface area contributed by atoms with E-state index in [1.807, 2.05) is 6.92 Å². The minimum absolute atomic E-state index is 0.0944. The zero-order valence-electron chi connectivity index (χ0n) is 14.6. The van der Waals surface area contributed by atoms with E-state index in [0.717, 1.165) is 0 Å². The molecule has 1 aromatic carbocycles. The van der Waals surface area contributed by atoms with E-state index in [0.29, 0.717) is 23.0 Å². The second kappa shape index (κ2) is 7.15. The Hall–Kier alpha value is -2.28. The minimum atomic E-state index is -0.888. The monoisotopic (exact) mass is 380 g/mol. The van der Waals surface area contributed by atoms with E-state index in [4.69, 9.17) is 16.3 Å². The summed E-state index contributed by atoms with van der Waals surface area (Å²) in [6, 6.07) is 4.99. The Labute approximate surface area is 156 Å². The van der Waals surface area contributed by atoms with Crippen molar-refractivity contribution in [1.82, 2.24) is 4.90 Å². The first kappa shape index (κ1) is 18.5. The number of ether oxygens (including phenoxy) is 1. The number of likely N-dealkylation sites (tertiary alicyclic amines) is 1. The number of hydrogen-bond donors (Lipinski definition) is 1. The Morgan fingerprint density at radius 1 is 1.27 bits per heavy atom. The van der Waals surface area contributed by atoms with Gasteiger partial charge in [-0.25, -0.2) is 0 Å². The van der Waals surface area contributed by atoms with Crippen LogP contribution in [0, 0.1) is 17.8 Å². The Kier molecular flexibility index (Phi) is 5.09. The van der Waals surface area contributed by atoms with Gasteiger partial charge in [0.15, 0.2) is 0 Å². The molecule has 2 amide bonds. The zero-order valence-corrected chi connectivity index (χ0v) is 15.4. The van der Waals surface area contributed by atoms with Crippen molar-refractivity contribution in [2.24, 2.45) is 17.8 Å². The highest BCUT2D eigenvalue weighted by Gasteiger charge is 2.43. The van der Waals surface area contributed by atoms with E-state index in [9.17, 15) is 19.5 Å². The van der Waals surface area contributed by atoms with Crippen LogP contribution in [0.1, 0.15) is 13.3 Å². The summed E-state index contributed by atoms with van der Waals surface area (Å²) in [5, 5.41) is 9.71. The number of rotatable bonds is 4. The first-order chi connectivity index (χ1) is 12.3. The molecule has 0 aliphatic carbocycles. The molecule has 0 spiro atoms. The number of halogens is 1. The van der Waals surface area contributed by atoms with Gasteiger partial charge in [0.2, 0.25) is 11.8 Å². The third kappa shape index (κ3) is 3.35. The topological polar surface area (TPSA) is 87.2 Å². The van der Waals surface area contributed by atoms with E-state index >= 15 is 0 Å². The van der Waals surface area contributed by atoms with Crippen molar-refractivity contribution in [3.8, 4) is 5.75 Å². The predicted molar refractivity (Wildman–Crippen MR) is 95.3 cm³/mol.